The van der Waals surface area contributed by atoms with Crippen LogP contribution in [0.1, 0.15) is 34.0 Å². The van der Waals surface area contributed by atoms with Crippen molar-refractivity contribution in [2.45, 2.75) is 26.4 Å². The molecule has 3 N–H and O–H groups in total. The summed E-state index contributed by atoms with van der Waals surface area (Å²) < 4.78 is 2.05. The molecule has 0 aliphatic carbocycles. The third-order valence-corrected chi connectivity index (χ3v) is 4.83. The fraction of sp³-hybridized carbons (Fsp3) is 0.292. The van der Waals surface area contributed by atoms with Crippen molar-refractivity contribution in [2.75, 3.05) is 20.1 Å². The van der Waals surface area contributed by atoms with Crippen LogP contribution >= 0.6 is 24.0 Å². The second-order valence-corrected chi connectivity index (χ2v) is 7.20. The molecule has 0 bridgehead atoms. The number of nitrogens with zero attached hydrogens (tertiary/aromatic N) is 3. The number of halogens is 1. The van der Waals surface area contributed by atoms with Crippen LogP contribution < -0.4 is 16.0 Å². The van der Waals surface area contributed by atoms with Crippen LogP contribution in [0, 0.1) is 0 Å². The van der Waals surface area contributed by atoms with Crippen LogP contribution in [-0.2, 0) is 19.5 Å². The molecule has 1 heterocycles. The summed E-state index contributed by atoms with van der Waals surface area (Å²) in [6.07, 6.45) is 6.37. The van der Waals surface area contributed by atoms with E-state index in [1.807, 2.05) is 41.4 Å². The highest BCUT2D eigenvalue weighted by Gasteiger charge is 2.04. The number of aliphatic imine (C=N–C) groups is 1. The van der Waals surface area contributed by atoms with Gasteiger partial charge in [-0.05, 0) is 42.2 Å². The van der Waals surface area contributed by atoms with Gasteiger partial charge in [-0.25, -0.2) is 9.98 Å². The van der Waals surface area contributed by atoms with Gasteiger partial charge in [0, 0.05) is 44.6 Å². The van der Waals surface area contributed by atoms with E-state index >= 15 is 0 Å². The quantitative estimate of drug-likeness (QED) is 0.219. The van der Waals surface area contributed by atoms with Crippen molar-refractivity contribution in [3.05, 3.63) is 89.5 Å². The summed E-state index contributed by atoms with van der Waals surface area (Å²) in [5.41, 5.74) is 4.18. The highest BCUT2D eigenvalue weighted by atomic mass is 127. The molecule has 7 nitrogen and oxygen atoms in total. The van der Waals surface area contributed by atoms with Gasteiger partial charge in [-0.2, -0.15) is 0 Å². The molecule has 0 aliphatic rings. The van der Waals surface area contributed by atoms with E-state index in [4.69, 9.17) is 4.99 Å². The molecule has 0 aliphatic heterocycles. The number of nitrogens with one attached hydrogen (secondary N) is 3. The number of hydrogen-bond donors (Lipinski definition) is 3. The molecule has 0 radical (unpaired) electrons. The molecule has 0 unspecified atom stereocenters. The summed E-state index contributed by atoms with van der Waals surface area (Å²) in [5.74, 6) is 0.716. The molecule has 32 heavy (non-hydrogen) atoms. The van der Waals surface area contributed by atoms with E-state index in [0.717, 1.165) is 43.1 Å². The Hall–Kier alpha value is -2.88. The van der Waals surface area contributed by atoms with Crippen LogP contribution in [0.2, 0.25) is 0 Å². The van der Waals surface area contributed by atoms with Gasteiger partial charge in [0.25, 0.3) is 5.91 Å². The molecule has 0 saturated carbocycles. The first-order chi connectivity index (χ1) is 15.2. The lowest BCUT2D eigenvalue weighted by Crippen LogP contribution is -2.38. The van der Waals surface area contributed by atoms with Crippen LogP contribution in [0.25, 0.3) is 0 Å². The smallest absolute Gasteiger partial charge is 0.251 e. The SMILES string of the molecule is CCNC(=NCc1ccc(Cn2ccnc2)cc1)NCCc1cccc(C(=O)NC)c1.I. The first kappa shape index (κ1) is 25.4. The zero-order valence-electron chi connectivity index (χ0n) is 18.5. The monoisotopic (exact) mass is 546 g/mol. The van der Waals surface area contributed by atoms with Gasteiger partial charge in [0.05, 0.1) is 12.9 Å². The Morgan fingerprint density at radius 3 is 2.53 bits per heavy atom. The molecular weight excluding hydrogens is 515 g/mol. The topological polar surface area (TPSA) is 83.3 Å². The third-order valence-electron chi connectivity index (χ3n) is 4.83. The summed E-state index contributed by atoms with van der Waals surface area (Å²) in [6, 6.07) is 16.2. The van der Waals surface area contributed by atoms with Crippen LogP contribution in [0.4, 0.5) is 0 Å². The van der Waals surface area contributed by atoms with Crippen molar-refractivity contribution >= 4 is 35.8 Å². The van der Waals surface area contributed by atoms with Gasteiger partial charge in [0.15, 0.2) is 5.96 Å². The number of hydrogen-bond acceptors (Lipinski definition) is 3. The molecule has 1 amide bonds. The van der Waals surface area contributed by atoms with Gasteiger partial charge in [-0.3, -0.25) is 4.79 Å². The first-order valence-electron chi connectivity index (χ1n) is 10.5. The van der Waals surface area contributed by atoms with Gasteiger partial charge in [-0.1, -0.05) is 36.4 Å². The Morgan fingerprint density at radius 1 is 1.06 bits per heavy atom. The number of guanidine groups is 1. The minimum absolute atomic E-state index is 0. The minimum Gasteiger partial charge on any atom is -0.357 e. The van der Waals surface area contributed by atoms with Crippen LogP contribution in [0.15, 0.2) is 72.2 Å². The Kier molecular flexibility index (Phi) is 10.7. The standard InChI is InChI=1S/C24H30N6O.HI/c1-3-27-24(28-12-11-19-5-4-6-22(15-19)23(31)25-2)29-16-20-7-9-21(10-8-20)17-30-14-13-26-18-30;/h4-10,13-15,18H,3,11-12,16-17H2,1-2H3,(H,25,31)(H2,27,28,29);1H. The predicted molar refractivity (Wildman–Crippen MR) is 140 cm³/mol. The van der Waals surface area contributed by atoms with Gasteiger partial charge in [0.2, 0.25) is 0 Å². The van der Waals surface area contributed by atoms with Crippen molar-refractivity contribution in [3.63, 3.8) is 0 Å². The Bertz CT molecular complexity index is 986. The number of rotatable bonds is 9. The summed E-state index contributed by atoms with van der Waals surface area (Å²) in [5, 5.41) is 9.31. The van der Waals surface area contributed by atoms with Gasteiger partial charge in [-0.15, -0.1) is 24.0 Å². The van der Waals surface area contributed by atoms with E-state index in [-0.39, 0.29) is 29.9 Å². The lowest BCUT2D eigenvalue weighted by atomic mass is 10.1. The lowest BCUT2D eigenvalue weighted by Gasteiger charge is -2.12. The number of aromatic nitrogens is 2. The van der Waals surface area contributed by atoms with Gasteiger partial charge < -0.3 is 20.5 Å². The Labute approximate surface area is 206 Å². The molecule has 3 rings (SSSR count). The van der Waals surface area contributed by atoms with E-state index in [1.165, 1.54) is 5.56 Å². The van der Waals surface area contributed by atoms with Crippen molar-refractivity contribution in [2.24, 2.45) is 4.99 Å². The number of carbonyl (C=O) groups excluding carboxylic acids is 1. The molecule has 1 aromatic heterocycles. The molecule has 2 aromatic carbocycles. The Morgan fingerprint density at radius 2 is 1.84 bits per heavy atom. The third kappa shape index (κ3) is 7.99. The average Bonchev–Trinajstić information content (AvgIpc) is 3.31. The molecule has 0 saturated heterocycles. The zero-order chi connectivity index (χ0) is 21.9. The number of amides is 1. The molecule has 0 fully saturated rings. The summed E-state index contributed by atoms with van der Waals surface area (Å²) in [4.78, 5) is 20.6. The van der Waals surface area contributed by atoms with Gasteiger partial charge >= 0.3 is 0 Å². The summed E-state index contributed by atoms with van der Waals surface area (Å²) in [6.45, 7) is 4.99. The van der Waals surface area contributed by atoms with Crippen molar-refractivity contribution < 1.29 is 4.79 Å². The number of benzene rings is 2. The second kappa shape index (κ2) is 13.5. The predicted octanol–water partition coefficient (Wildman–Crippen LogP) is 3.21. The normalized spacial score (nSPS) is 10.9. The van der Waals surface area contributed by atoms with Crippen molar-refractivity contribution in [1.82, 2.24) is 25.5 Å². The maximum absolute atomic E-state index is 11.8. The summed E-state index contributed by atoms with van der Waals surface area (Å²) in [7, 11) is 1.64. The van der Waals surface area contributed by atoms with E-state index < -0.39 is 0 Å². The highest BCUT2D eigenvalue weighted by molar-refractivity contribution is 14.0. The number of carbonyl (C=O) groups is 1. The lowest BCUT2D eigenvalue weighted by molar-refractivity contribution is 0.0963. The minimum atomic E-state index is -0.0687. The summed E-state index contributed by atoms with van der Waals surface area (Å²) >= 11 is 0. The zero-order valence-corrected chi connectivity index (χ0v) is 20.9. The van der Waals surface area contributed by atoms with Crippen LogP contribution in [-0.4, -0.2) is 41.6 Å². The molecule has 0 spiro atoms. The largest absolute Gasteiger partial charge is 0.357 e. The highest BCUT2D eigenvalue weighted by Crippen LogP contribution is 2.08. The molecule has 3 aromatic rings. The molecule has 170 valence electrons. The van der Waals surface area contributed by atoms with Crippen molar-refractivity contribution in [1.29, 1.82) is 0 Å². The van der Waals surface area contributed by atoms with Crippen LogP contribution in [0.3, 0.4) is 0 Å². The maximum Gasteiger partial charge on any atom is 0.251 e. The molecular formula is C24H31IN6O. The van der Waals surface area contributed by atoms with E-state index in [0.29, 0.717) is 12.1 Å². The van der Waals surface area contributed by atoms with E-state index in [2.05, 4.69) is 52.1 Å². The van der Waals surface area contributed by atoms with Gasteiger partial charge in [0.1, 0.15) is 0 Å². The molecule has 8 heteroatoms. The van der Waals surface area contributed by atoms with E-state index in [1.54, 1.807) is 13.2 Å². The first-order valence-corrected chi connectivity index (χ1v) is 10.5. The average molecular weight is 546 g/mol. The van der Waals surface area contributed by atoms with E-state index in [9.17, 15) is 4.79 Å². The van der Waals surface area contributed by atoms with Crippen molar-refractivity contribution in [3.8, 4) is 0 Å². The van der Waals surface area contributed by atoms with Crippen LogP contribution in [0.5, 0.6) is 0 Å². The maximum atomic E-state index is 11.8. The fourth-order valence-corrected chi connectivity index (χ4v) is 3.19. The fourth-order valence-electron chi connectivity index (χ4n) is 3.19. The Balaban J connectivity index is 0.00000363. The molecule has 0 atom stereocenters. The second-order valence-electron chi connectivity index (χ2n) is 7.20. The number of imidazole rings is 1.